The summed E-state index contributed by atoms with van der Waals surface area (Å²) in [6.07, 6.45) is 3.41. The molecule has 1 aromatic heterocycles. The Bertz CT molecular complexity index is 558. The van der Waals surface area contributed by atoms with Crippen LogP contribution in [0.1, 0.15) is 26.3 Å². The summed E-state index contributed by atoms with van der Waals surface area (Å²) in [5.41, 5.74) is 1.37. The third-order valence-corrected chi connectivity index (χ3v) is 3.13. The van der Waals surface area contributed by atoms with E-state index in [-0.39, 0.29) is 5.54 Å². The molecule has 0 aliphatic heterocycles. The van der Waals surface area contributed by atoms with Crippen LogP contribution in [0.5, 0.6) is 5.75 Å². The van der Waals surface area contributed by atoms with Gasteiger partial charge >= 0.3 is 0 Å². The molecule has 0 amide bonds. The number of benzene rings is 1. The van der Waals surface area contributed by atoms with Crippen molar-refractivity contribution in [2.24, 2.45) is 0 Å². The minimum absolute atomic E-state index is 0.125. The zero-order valence-corrected chi connectivity index (χ0v) is 13.5. The van der Waals surface area contributed by atoms with Gasteiger partial charge in [0.25, 0.3) is 0 Å². The average Bonchev–Trinajstić information content (AvgIpc) is 2.83. The van der Waals surface area contributed by atoms with Gasteiger partial charge in [0.15, 0.2) is 0 Å². The summed E-state index contributed by atoms with van der Waals surface area (Å²) >= 11 is 5.81. The molecule has 0 saturated heterocycles. The molecule has 2 rings (SSSR count). The van der Waals surface area contributed by atoms with E-state index in [1.165, 1.54) is 5.56 Å². The van der Waals surface area contributed by atoms with Crippen LogP contribution in [0.4, 0.5) is 0 Å². The molecule has 0 spiro atoms. The van der Waals surface area contributed by atoms with Gasteiger partial charge in [-0.3, -0.25) is 4.68 Å². The maximum atomic E-state index is 5.81. The normalized spacial score (nSPS) is 11.6. The van der Waals surface area contributed by atoms with E-state index < -0.39 is 0 Å². The maximum Gasteiger partial charge on any atom is 0.119 e. The zero-order valence-electron chi connectivity index (χ0n) is 12.8. The predicted molar refractivity (Wildman–Crippen MR) is 85.8 cm³/mol. The Morgan fingerprint density at radius 3 is 2.52 bits per heavy atom. The molecule has 0 saturated carbocycles. The summed E-state index contributed by atoms with van der Waals surface area (Å²) in [5, 5.41) is 8.21. The number of ether oxygens (including phenoxy) is 1. The first-order valence-corrected chi connectivity index (χ1v) is 7.45. The lowest BCUT2D eigenvalue weighted by molar-refractivity contribution is 0.291. The van der Waals surface area contributed by atoms with Crippen molar-refractivity contribution in [1.82, 2.24) is 15.1 Å². The lowest BCUT2D eigenvalue weighted by Gasteiger charge is -2.20. The topological polar surface area (TPSA) is 39.1 Å². The van der Waals surface area contributed by atoms with Crippen molar-refractivity contribution >= 4 is 11.6 Å². The fourth-order valence-electron chi connectivity index (χ4n) is 1.79. The molecule has 1 aromatic carbocycles. The molecule has 4 nitrogen and oxygen atoms in total. The van der Waals surface area contributed by atoms with Crippen LogP contribution in [0.2, 0.25) is 5.02 Å². The second-order valence-electron chi connectivity index (χ2n) is 6.02. The Hall–Kier alpha value is -1.52. The Balaban J connectivity index is 1.77. The van der Waals surface area contributed by atoms with E-state index in [0.29, 0.717) is 18.2 Å². The minimum Gasteiger partial charge on any atom is -0.492 e. The van der Waals surface area contributed by atoms with E-state index in [0.717, 1.165) is 12.3 Å². The van der Waals surface area contributed by atoms with Crippen molar-refractivity contribution in [2.75, 3.05) is 6.61 Å². The van der Waals surface area contributed by atoms with Crippen LogP contribution in [0.3, 0.4) is 0 Å². The van der Waals surface area contributed by atoms with Crippen molar-refractivity contribution in [3.05, 3.63) is 47.2 Å². The highest BCUT2D eigenvalue weighted by atomic mass is 35.5. The van der Waals surface area contributed by atoms with E-state index in [1.54, 1.807) is 17.1 Å². The molecule has 1 heterocycles. The molecule has 0 atom stereocenters. The van der Waals surface area contributed by atoms with Crippen molar-refractivity contribution in [1.29, 1.82) is 0 Å². The predicted octanol–water partition coefficient (Wildman–Crippen LogP) is 3.50. The minimum atomic E-state index is 0.125. The van der Waals surface area contributed by atoms with Crippen molar-refractivity contribution < 1.29 is 4.74 Å². The van der Waals surface area contributed by atoms with Crippen LogP contribution >= 0.6 is 11.6 Å². The Labute approximate surface area is 131 Å². The van der Waals surface area contributed by atoms with Crippen molar-refractivity contribution in [2.45, 2.75) is 39.4 Å². The van der Waals surface area contributed by atoms with Crippen LogP contribution in [0.15, 0.2) is 36.7 Å². The molecule has 0 unspecified atom stereocenters. The molecule has 2 aromatic rings. The molecule has 0 fully saturated rings. The second-order valence-corrected chi connectivity index (χ2v) is 6.45. The Morgan fingerprint density at radius 1 is 1.24 bits per heavy atom. The van der Waals surface area contributed by atoms with Gasteiger partial charge in [0.2, 0.25) is 0 Å². The quantitative estimate of drug-likeness (QED) is 0.887. The highest BCUT2D eigenvalue weighted by Crippen LogP contribution is 2.13. The highest BCUT2D eigenvalue weighted by molar-refractivity contribution is 6.30. The van der Waals surface area contributed by atoms with Gasteiger partial charge in [0, 0.05) is 18.3 Å². The van der Waals surface area contributed by atoms with Gasteiger partial charge in [0.1, 0.15) is 12.4 Å². The molecule has 0 aliphatic carbocycles. The van der Waals surface area contributed by atoms with E-state index in [9.17, 15) is 0 Å². The van der Waals surface area contributed by atoms with Crippen LogP contribution in [0, 0.1) is 0 Å². The average molecular weight is 308 g/mol. The highest BCUT2D eigenvalue weighted by Gasteiger charge is 2.08. The number of nitrogens with zero attached hydrogens (tertiary/aromatic N) is 2. The second kappa shape index (κ2) is 6.96. The van der Waals surface area contributed by atoms with Gasteiger partial charge in [-0.1, -0.05) is 23.7 Å². The number of aromatic nitrogens is 2. The molecular formula is C16H22ClN3O. The first-order valence-electron chi connectivity index (χ1n) is 7.07. The third-order valence-electron chi connectivity index (χ3n) is 2.94. The molecule has 1 N–H and O–H groups in total. The van der Waals surface area contributed by atoms with Gasteiger partial charge in [0.05, 0.1) is 17.8 Å². The summed E-state index contributed by atoms with van der Waals surface area (Å²) in [6.45, 7) is 8.58. The molecule has 5 heteroatoms. The summed E-state index contributed by atoms with van der Waals surface area (Å²) in [7, 11) is 0. The van der Waals surface area contributed by atoms with E-state index in [2.05, 4.69) is 43.3 Å². The lowest BCUT2D eigenvalue weighted by atomic mass is 10.1. The number of hydrogen-bond donors (Lipinski definition) is 1. The van der Waals surface area contributed by atoms with Gasteiger partial charge in [-0.15, -0.1) is 0 Å². The third kappa shape index (κ3) is 5.78. The van der Waals surface area contributed by atoms with Crippen LogP contribution in [0.25, 0.3) is 0 Å². The van der Waals surface area contributed by atoms with E-state index in [4.69, 9.17) is 16.3 Å². The number of halogens is 1. The molecule has 21 heavy (non-hydrogen) atoms. The molecule has 114 valence electrons. The Morgan fingerprint density at radius 2 is 1.95 bits per heavy atom. The molecule has 0 bridgehead atoms. The van der Waals surface area contributed by atoms with Gasteiger partial charge in [-0.05, 0) is 38.5 Å². The molecule has 0 radical (unpaired) electrons. The van der Waals surface area contributed by atoms with Crippen LogP contribution in [-0.2, 0) is 13.1 Å². The molecule has 0 aliphatic rings. The van der Waals surface area contributed by atoms with Crippen molar-refractivity contribution in [3.63, 3.8) is 0 Å². The zero-order chi connectivity index (χ0) is 15.3. The first-order chi connectivity index (χ1) is 9.92. The van der Waals surface area contributed by atoms with Crippen molar-refractivity contribution in [3.8, 4) is 5.75 Å². The van der Waals surface area contributed by atoms with Crippen LogP contribution < -0.4 is 10.1 Å². The summed E-state index contributed by atoms with van der Waals surface area (Å²) in [6, 6.07) is 8.16. The monoisotopic (exact) mass is 307 g/mol. The Kier molecular flexibility index (Phi) is 5.26. The number of rotatable bonds is 6. The molecular weight excluding hydrogens is 286 g/mol. The van der Waals surface area contributed by atoms with Gasteiger partial charge < -0.3 is 10.1 Å². The summed E-state index contributed by atoms with van der Waals surface area (Å²) < 4.78 is 7.46. The van der Waals surface area contributed by atoms with Gasteiger partial charge in [-0.2, -0.15) is 5.10 Å². The number of hydrogen-bond acceptors (Lipinski definition) is 3. The first kappa shape index (κ1) is 15.9. The fraction of sp³-hybridized carbons (Fsp3) is 0.438. The standard InChI is InChI=1S/C16H22ClN3O/c1-16(2,3)18-10-13-4-6-15(7-5-13)21-9-8-20-12-14(17)11-19-20/h4-7,11-12,18H,8-10H2,1-3H3. The lowest BCUT2D eigenvalue weighted by Crippen LogP contribution is -2.35. The van der Waals surface area contributed by atoms with Gasteiger partial charge in [-0.25, -0.2) is 0 Å². The summed E-state index contributed by atoms with van der Waals surface area (Å²) in [4.78, 5) is 0. The fourth-order valence-corrected chi connectivity index (χ4v) is 1.94. The number of nitrogens with one attached hydrogen (secondary N) is 1. The van der Waals surface area contributed by atoms with E-state index in [1.807, 2.05) is 12.1 Å². The maximum absolute atomic E-state index is 5.81. The SMILES string of the molecule is CC(C)(C)NCc1ccc(OCCn2cc(Cl)cn2)cc1. The van der Waals surface area contributed by atoms with Crippen LogP contribution in [-0.4, -0.2) is 21.9 Å². The smallest absolute Gasteiger partial charge is 0.119 e. The van der Waals surface area contributed by atoms with E-state index >= 15 is 0 Å². The summed E-state index contributed by atoms with van der Waals surface area (Å²) in [5.74, 6) is 0.868. The largest absolute Gasteiger partial charge is 0.492 e.